The zero-order valence-corrected chi connectivity index (χ0v) is 13.6. The Morgan fingerprint density at radius 2 is 2.33 bits per heavy atom. The fraction of sp³-hybridized carbons (Fsp3) is 0.529. The standard InChI is InChI=1S/C17H23FN4O2/c18-12-4-5-14-15(11-12)21-16(20-14)6-8-19-17(24)22-9-2-1-3-13(22)7-10-23/h4-5,11,13,23H,1-3,6-10H2,(H,19,24)(H,20,21)/t13-/m0/s1. The maximum atomic E-state index is 13.2. The molecule has 0 unspecified atom stereocenters. The number of carbonyl (C=O) groups is 1. The van der Waals surface area contributed by atoms with Crippen LogP contribution in [0.2, 0.25) is 0 Å². The molecule has 130 valence electrons. The van der Waals surface area contributed by atoms with Gasteiger partial charge in [-0.2, -0.15) is 0 Å². The molecule has 3 N–H and O–H groups in total. The minimum atomic E-state index is -0.300. The Labute approximate surface area is 140 Å². The summed E-state index contributed by atoms with van der Waals surface area (Å²) in [6, 6.07) is 4.47. The summed E-state index contributed by atoms with van der Waals surface area (Å²) in [6.07, 6.45) is 4.24. The monoisotopic (exact) mass is 334 g/mol. The van der Waals surface area contributed by atoms with Gasteiger partial charge in [0.15, 0.2) is 0 Å². The Morgan fingerprint density at radius 3 is 3.17 bits per heavy atom. The van der Waals surface area contributed by atoms with Crippen molar-refractivity contribution in [2.24, 2.45) is 0 Å². The Bertz CT molecular complexity index is 701. The second-order valence-corrected chi connectivity index (χ2v) is 6.18. The molecule has 2 heterocycles. The average molecular weight is 334 g/mol. The molecule has 3 rings (SSSR count). The lowest BCUT2D eigenvalue weighted by Crippen LogP contribution is -2.49. The Hall–Kier alpha value is -2.15. The Morgan fingerprint density at radius 1 is 1.46 bits per heavy atom. The molecule has 7 heteroatoms. The smallest absolute Gasteiger partial charge is 0.317 e. The van der Waals surface area contributed by atoms with E-state index < -0.39 is 0 Å². The highest BCUT2D eigenvalue weighted by molar-refractivity contribution is 5.75. The maximum absolute atomic E-state index is 13.2. The van der Waals surface area contributed by atoms with Crippen molar-refractivity contribution < 1.29 is 14.3 Å². The predicted octanol–water partition coefficient (Wildman–Crippen LogP) is 2.19. The number of carbonyl (C=O) groups excluding carboxylic acids is 1. The van der Waals surface area contributed by atoms with Gasteiger partial charge in [-0.15, -0.1) is 0 Å². The molecule has 0 aliphatic carbocycles. The van der Waals surface area contributed by atoms with Crippen LogP contribution in [0.4, 0.5) is 9.18 Å². The maximum Gasteiger partial charge on any atom is 0.317 e. The van der Waals surface area contributed by atoms with Gasteiger partial charge < -0.3 is 20.3 Å². The van der Waals surface area contributed by atoms with Gasteiger partial charge in [-0.25, -0.2) is 14.2 Å². The number of piperidine rings is 1. The van der Waals surface area contributed by atoms with Gasteiger partial charge in [0.2, 0.25) is 0 Å². The summed E-state index contributed by atoms with van der Waals surface area (Å²) < 4.78 is 13.2. The lowest BCUT2D eigenvalue weighted by molar-refractivity contribution is 0.132. The molecule has 24 heavy (non-hydrogen) atoms. The fourth-order valence-corrected chi connectivity index (χ4v) is 3.26. The van der Waals surface area contributed by atoms with E-state index in [4.69, 9.17) is 5.11 Å². The molecule has 0 bridgehead atoms. The van der Waals surface area contributed by atoms with Crippen molar-refractivity contribution in [3.63, 3.8) is 0 Å². The first-order valence-electron chi connectivity index (χ1n) is 8.47. The third-order valence-electron chi connectivity index (χ3n) is 4.48. The molecule has 2 amide bonds. The number of amides is 2. The number of benzene rings is 1. The van der Waals surface area contributed by atoms with Crippen molar-refractivity contribution in [3.05, 3.63) is 29.8 Å². The molecule has 1 atom stereocenters. The van der Waals surface area contributed by atoms with Crippen LogP contribution in [-0.4, -0.2) is 51.7 Å². The summed E-state index contributed by atoms with van der Waals surface area (Å²) in [5, 5.41) is 12.1. The molecule has 1 aliphatic rings. The topological polar surface area (TPSA) is 81.2 Å². The van der Waals surface area contributed by atoms with E-state index in [2.05, 4.69) is 15.3 Å². The molecule has 1 saturated heterocycles. The Balaban J connectivity index is 1.53. The van der Waals surface area contributed by atoms with Crippen molar-refractivity contribution >= 4 is 17.1 Å². The lowest BCUT2D eigenvalue weighted by atomic mass is 10.0. The summed E-state index contributed by atoms with van der Waals surface area (Å²) in [6.45, 7) is 1.30. The van der Waals surface area contributed by atoms with Crippen molar-refractivity contribution in [2.45, 2.75) is 38.1 Å². The number of aromatic amines is 1. The van der Waals surface area contributed by atoms with E-state index in [-0.39, 0.29) is 24.5 Å². The predicted molar refractivity (Wildman–Crippen MR) is 89.2 cm³/mol. The molecule has 0 spiro atoms. The normalized spacial score (nSPS) is 18.1. The summed E-state index contributed by atoms with van der Waals surface area (Å²) >= 11 is 0. The quantitative estimate of drug-likeness (QED) is 0.784. The van der Waals surface area contributed by atoms with Gasteiger partial charge in [0.1, 0.15) is 11.6 Å². The fourth-order valence-electron chi connectivity index (χ4n) is 3.26. The van der Waals surface area contributed by atoms with Crippen LogP contribution >= 0.6 is 0 Å². The van der Waals surface area contributed by atoms with E-state index in [0.717, 1.165) is 37.1 Å². The van der Waals surface area contributed by atoms with Crippen LogP contribution in [0.25, 0.3) is 11.0 Å². The third-order valence-corrected chi connectivity index (χ3v) is 4.48. The molecular formula is C17H23FN4O2. The second kappa shape index (κ2) is 7.61. The number of likely N-dealkylation sites (tertiary alicyclic amines) is 1. The highest BCUT2D eigenvalue weighted by Gasteiger charge is 2.25. The van der Waals surface area contributed by atoms with Crippen molar-refractivity contribution in [1.29, 1.82) is 0 Å². The number of aliphatic hydroxyl groups is 1. The molecular weight excluding hydrogens is 311 g/mol. The zero-order valence-electron chi connectivity index (χ0n) is 13.6. The van der Waals surface area contributed by atoms with Gasteiger partial charge in [0, 0.05) is 32.2 Å². The molecule has 1 aliphatic heterocycles. The van der Waals surface area contributed by atoms with E-state index in [0.29, 0.717) is 24.9 Å². The number of halogens is 1. The van der Waals surface area contributed by atoms with Crippen LogP contribution in [0.3, 0.4) is 0 Å². The first kappa shape index (κ1) is 16.7. The molecule has 1 aromatic heterocycles. The summed E-state index contributed by atoms with van der Waals surface area (Å²) in [5.41, 5.74) is 1.38. The van der Waals surface area contributed by atoms with E-state index >= 15 is 0 Å². The summed E-state index contributed by atoms with van der Waals surface area (Å²) in [4.78, 5) is 21.6. The molecule has 1 aromatic carbocycles. The number of urea groups is 1. The molecule has 6 nitrogen and oxygen atoms in total. The average Bonchev–Trinajstić information content (AvgIpc) is 2.97. The minimum absolute atomic E-state index is 0.0877. The molecule has 0 radical (unpaired) electrons. The van der Waals surface area contributed by atoms with Crippen LogP contribution < -0.4 is 5.32 Å². The van der Waals surface area contributed by atoms with Crippen molar-refractivity contribution in [1.82, 2.24) is 20.2 Å². The van der Waals surface area contributed by atoms with Gasteiger partial charge in [-0.3, -0.25) is 0 Å². The number of rotatable bonds is 5. The molecule has 1 fully saturated rings. The number of aromatic nitrogens is 2. The van der Waals surface area contributed by atoms with Crippen LogP contribution in [0.15, 0.2) is 18.2 Å². The van der Waals surface area contributed by atoms with Crippen molar-refractivity contribution in [2.75, 3.05) is 19.7 Å². The number of imidazole rings is 1. The highest BCUT2D eigenvalue weighted by atomic mass is 19.1. The van der Waals surface area contributed by atoms with Crippen LogP contribution in [0.1, 0.15) is 31.5 Å². The number of nitrogens with one attached hydrogen (secondary N) is 2. The largest absolute Gasteiger partial charge is 0.396 e. The number of aliphatic hydroxyl groups excluding tert-OH is 1. The molecule has 0 saturated carbocycles. The lowest BCUT2D eigenvalue weighted by Gasteiger charge is -2.35. The first-order valence-corrected chi connectivity index (χ1v) is 8.47. The number of hydrogen-bond acceptors (Lipinski definition) is 3. The van der Waals surface area contributed by atoms with Crippen LogP contribution in [-0.2, 0) is 6.42 Å². The zero-order chi connectivity index (χ0) is 16.9. The van der Waals surface area contributed by atoms with Crippen molar-refractivity contribution in [3.8, 4) is 0 Å². The number of H-pyrrole nitrogens is 1. The van der Waals surface area contributed by atoms with E-state index in [1.54, 1.807) is 6.07 Å². The van der Waals surface area contributed by atoms with Gasteiger partial charge in [0.25, 0.3) is 0 Å². The van der Waals surface area contributed by atoms with Gasteiger partial charge >= 0.3 is 6.03 Å². The SMILES string of the molecule is O=C(NCCc1nc2ccc(F)cc2[nH]1)N1CCCC[C@H]1CCO. The third kappa shape index (κ3) is 3.84. The second-order valence-electron chi connectivity index (χ2n) is 6.18. The van der Waals surface area contributed by atoms with E-state index in [1.165, 1.54) is 12.1 Å². The summed E-state index contributed by atoms with van der Waals surface area (Å²) in [7, 11) is 0. The van der Waals surface area contributed by atoms with Gasteiger partial charge in [0.05, 0.1) is 11.0 Å². The number of nitrogens with zero attached hydrogens (tertiary/aromatic N) is 2. The Kier molecular flexibility index (Phi) is 5.30. The minimum Gasteiger partial charge on any atom is -0.396 e. The van der Waals surface area contributed by atoms with Gasteiger partial charge in [-0.1, -0.05) is 0 Å². The van der Waals surface area contributed by atoms with Gasteiger partial charge in [-0.05, 0) is 43.9 Å². The summed E-state index contributed by atoms with van der Waals surface area (Å²) in [5.74, 6) is 0.424. The van der Waals surface area contributed by atoms with Crippen LogP contribution in [0.5, 0.6) is 0 Å². The first-order chi connectivity index (χ1) is 11.7. The van der Waals surface area contributed by atoms with E-state index in [9.17, 15) is 9.18 Å². The highest BCUT2D eigenvalue weighted by Crippen LogP contribution is 2.19. The van der Waals surface area contributed by atoms with Crippen LogP contribution in [0, 0.1) is 5.82 Å². The number of hydrogen-bond donors (Lipinski definition) is 3. The molecule has 2 aromatic rings. The number of fused-ring (bicyclic) bond motifs is 1. The van der Waals surface area contributed by atoms with E-state index in [1.807, 2.05) is 4.90 Å².